The number of benzene rings is 1. The van der Waals surface area contributed by atoms with E-state index in [1.807, 2.05) is 0 Å². The summed E-state index contributed by atoms with van der Waals surface area (Å²) in [5, 5.41) is 2.56. The van der Waals surface area contributed by atoms with E-state index in [1.54, 1.807) is 27.7 Å². The van der Waals surface area contributed by atoms with Gasteiger partial charge in [0.1, 0.15) is 11.4 Å². The predicted molar refractivity (Wildman–Crippen MR) is 83.4 cm³/mol. The molecule has 124 valence electrons. The standard InChI is InChI=1S/C17H20FNO4/c1-11(19-16(21)23-17(2,3)4)6-7-12-8-9-13(18)10-14(12)15(20)22-5/h8-11H,1-5H3,(H,19,21)/t11-/m1/s1. The lowest BCUT2D eigenvalue weighted by atomic mass is 10.1. The van der Waals surface area contributed by atoms with Crippen LogP contribution in [0.1, 0.15) is 43.6 Å². The lowest BCUT2D eigenvalue weighted by molar-refractivity contribution is 0.0518. The van der Waals surface area contributed by atoms with E-state index in [2.05, 4.69) is 21.9 Å². The maximum atomic E-state index is 13.2. The van der Waals surface area contributed by atoms with Crippen LogP contribution < -0.4 is 5.32 Å². The Labute approximate surface area is 135 Å². The van der Waals surface area contributed by atoms with Crippen LogP contribution in [0.2, 0.25) is 0 Å². The van der Waals surface area contributed by atoms with E-state index in [-0.39, 0.29) is 5.56 Å². The van der Waals surface area contributed by atoms with Crippen molar-refractivity contribution < 1.29 is 23.5 Å². The molecular weight excluding hydrogens is 301 g/mol. The van der Waals surface area contributed by atoms with E-state index >= 15 is 0 Å². The highest BCUT2D eigenvalue weighted by Crippen LogP contribution is 2.12. The number of hydrogen-bond donors (Lipinski definition) is 1. The SMILES string of the molecule is COC(=O)c1cc(F)ccc1C#C[C@@H](C)NC(=O)OC(C)(C)C. The van der Waals surface area contributed by atoms with Gasteiger partial charge in [-0.3, -0.25) is 0 Å². The van der Waals surface area contributed by atoms with Gasteiger partial charge in [0.2, 0.25) is 0 Å². The molecule has 5 nitrogen and oxygen atoms in total. The molecule has 0 aliphatic rings. The van der Waals surface area contributed by atoms with Crippen molar-refractivity contribution in [2.75, 3.05) is 7.11 Å². The molecular formula is C17H20FNO4. The zero-order valence-electron chi connectivity index (χ0n) is 13.8. The van der Waals surface area contributed by atoms with Crippen molar-refractivity contribution >= 4 is 12.1 Å². The molecule has 0 saturated heterocycles. The van der Waals surface area contributed by atoms with E-state index < -0.39 is 29.5 Å². The number of rotatable bonds is 2. The van der Waals surface area contributed by atoms with Gasteiger partial charge < -0.3 is 14.8 Å². The van der Waals surface area contributed by atoms with Crippen LogP contribution in [0.3, 0.4) is 0 Å². The zero-order valence-corrected chi connectivity index (χ0v) is 13.8. The number of carbonyl (C=O) groups is 2. The molecule has 23 heavy (non-hydrogen) atoms. The third-order valence-electron chi connectivity index (χ3n) is 2.54. The summed E-state index contributed by atoms with van der Waals surface area (Å²) in [5.41, 5.74) is -0.257. The molecule has 0 radical (unpaired) electrons. The molecule has 0 aliphatic heterocycles. The van der Waals surface area contributed by atoms with Gasteiger partial charge in [-0.1, -0.05) is 11.8 Å². The van der Waals surface area contributed by atoms with Crippen LogP contribution in [0, 0.1) is 17.7 Å². The number of ether oxygens (including phenoxy) is 2. The molecule has 0 saturated carbocycles. The Kier molecular flexibility index (Phi) is 6.14. The number of hydrogen-bond acceptors (Lipinski definition) is 4. The third kappa shape index (κ3) is 6.39. The Morgan fingerprint density at radius 1 is 1.30 bits per heavy atom. The van der Waals surface area contributed by atoms with Gasteiger partial charge in [-0.25, -0.2) is 14.0 Å². The van der Waals surface area contributed by atoms with E-state index in [1.165, 1.54) is 19.2 Å². The molecule has 1 N–H and O–H groups in total. The molecule has 1 aromatic carbocycles. The molecule has 6 heteroatoms. The van der Waals surface area contributed by atoms with E-state index in [0.29, 0.717) is 5.56 Å². The summed E-state index contributed by atoms with van der Waals surface area (Å²) in [4.78, 5) is 23.2. The molecule has 0 fully saturated rings. The first-order valence-electron chi connectivity index (χ1n) is 7.01. The van der Waals surface area contributed by atoms with Gasteiger partial charge in [-0.2, -0.15) is 0 Å². The quantitative estimate of drug-likeness (QED) is 0.672. The van der Waals surface area contributed by atoms with Crippen LogP contribution in [-0.2, 0) is 9.47 Å². The maximum Gasteiger partial charge on any atom is 0.408 e. The van der Waals surface area contributed by atoms with Gasteiger partial charge in [0.05, 0.1) is 18.7 Å². The summed E-state index contributed by atoms with van der Waals surface area (Å²) in [6.07, 6.45) is -0.591. The predicted octanol–water partition coefficient (Wildman–Crippen LogP) is 2.88. The van der Waals surface area contributed by atoms with E-state index in [9.17, 15) is 14.0 Å². The van der Waals surface area contributed by atoms with Gasteiger partial charge in [0, 0.05) is 5.56 Å². The Bertz CT molecular complexity index is 653. The van der Waals surface area contributed by atoms with Crippen molar-refractivity contribution in [1.82, 2.24) is 5.32 Å². The number of nitrogens with one attached hydrogen (secondary N) is 1. The molecule has 0 unspecified atom stereocenters. The average Bonchev–Trinajstić information content (AvgIpc) is 2.42. The Balaban J connectivity index is 2.87. The van der Waals surface area contributed by atoms with Crippen LogP contribution in [0.5, 0.6) is 0 Å². The summed E-state index contributed by atoms with van der Waals surface area (Å²) in [6, 6.07) is 3.12. The summed E-state index contributed by atoms with van der Waals surface area (Å²) in [6.45, 7) is 6.93. The van der Waals surface area contributed by atoms with Crippen LogP contribution in [0.25, 0.3) is 0 Å². The highest BCUT2D eigenvalue weighted by Gasteiger charge is 2.17. The molecule has 0 aromatic heterocycles. The van der Waals surface area contributed by atoms with Crippen molar-refractivity contribution in [3.8, 4) is 11.8 Å². The number of carbonyl (C=O) groups excluding carboxylic acids is 2. The largest absolute Gasteiger partial charge is 0.465 e. The normalized spacial score (nSPS) is 11.7. The molecule has 0 heterocycles. The minimum atomic E-state index is -0.679. The van der Waals surface area contributed by atoms with Crippen molar-refractivity contribution in [3.05, 3.63) is 35.1 Å². The van der Waals surface area contributed by atoms with Gasteiger partial charge >= 0.3 is 12.1 Å². The first-order chi connectivity index (χ1) is 10.6. The van der Waals surface area contributed by atoms with Crippen molar-refractivity contribution in [2.45, 2.75) is 39.3 Å². The van der Waals surface area contributed by atoms with Crippen molar-refractivity contribution in [2.24, 2.45) is 0 Å². The van der Waals surface area contributed by atoms with Gasteiger partial charge in [-0.15, -0.1) is 0 Å². The average molecular weight is 321 g/mol. The molecule has 1 atom stereocenters. The monoisotopic (exact) mass is 321 g/mol. The van der Waals surface area contributed by atoms with Crippen molar-refractivity contribution in [1.29, 1.82) is 0 Å². The van der Waals surface area contributed by atoms with Crippen LogP contribution in [0.4, 0.5) is 9.18 Å². The molecule has 0 aliphatic carbocycles. The zero-order chi connectivity index (χ0) is 17.6. The summed E-state index contributed by atoms with van der Waals surface area (Å²) >= 11 is 0. The number of alkyl carbamates (subject to hydrolysis) is 1. The Hall–Kier alpha value is -2.55. The molecule has 1 amide bonds. The number of halogens is 1. The first-order valence-corrected chi connectivity index (χ1v) is 7.01. The fourth-order valence-electron chi connectivity index (χ4n) is 1.61. The van der Waals surface area contributed by atoms with Crippen LogP contribution in [-0.4, -0.2) is 30.8 Å². The number of methoxy groups -OCH3 is 1. The van der Waals surface area contributed by atoms with Gasteiger partial charge in [0.25, 0.3) is 0 Å². The highest BCUT2D eigenvalue weighted by atomic mass is 19.1. The summed E-state index contributed by atoms with van der Waals surface area (Å²) < 4.78 is 23.0. The Morgan fingerprint density at radius 2 is 1.96 bits per heavy atom. The lowest BCUT2D eigenvalue weighted by Crippen LogP contribution is -2.37. The molecule has 0 spiro atoms. The highest BCUT2D eigenvalue weighted by molar-refractivity contribution is 5.92. The maximum absolute atomic E-state index is 13.2. The topological polar surface area (TPSA) is 64.6 Å². The fraction of sp³-hybridized carbons (Fsp3) is 0.412. The second-order valence-corrected chi connectivity index (χ2v) is 5.82. The molecule has 1 rings (SSSR count). The lowest BCUT2D eigenvalue weighted by Gasteiger charge is -2.20. The second-order valence-electron chi connectivity index (χ2n) is 5.82. The Morgan fingerprint density at radius 3 is 2.52 bits per heavy atom. The first kappa shape index (κ1) is 18.5. The van der Waals surface area contributed by atoms with Gasteiger partial charge in [0.15, 0.2) is 0 Å². The molecule has 0 bridgehead atoms. The number of amides is 1. The van der Waals surface area contributed by atoms with Crippen molar-refractivity contribution in [3.63, 3.8) is 0 Å². The van der Waals surface area contributed by atoms with E-state index in [0.717, 1.165) is 6.07 Å². The van der Waals surface area contributed by atoms with Gasteiger partial charge in [-0.05, 0) is 45.9 Å². The summed E-state index contributed by atoms with van der Waals surface area (Å²) in [7, 11) is 1.21. The minimum absolute atomic E-state index is 0.0319. The third-order valence-corrected chi connectivity index (χ3v) is 2.54. The smallest absolute Gasteiger partial charge is 0.408 e. The van der Waals surface area contributed by atoms with Crippen LogP contribution >= 0.6 is 0 Å². The number of esters is 1. The molecule has 1 aromatic rings. The van der Waals surface area contributed by atoms with E-state index in [4.69, 9.17) is 4.74 Å². The summed E-state index contributed by atoms with van der Waals surface area (Å²) in [5.74, 6) is 4.26. The van der Waals surface area contributed by atoms with Crippen LogP contribution in [0.15, 0.2) is 18.2 Å². The second kappa shape index (κ2) is 7.63. The fourth-order valence-corrected chi connectivity index (χ4v) is 1.61. The minimum Gasteiger partial charge on any atom is -0.465 e.